The number of halogens is 1. The highest BCUT2D eigenvalue weighted by Crippen LogP contribution is 2.29. The standard InChI is InChI=1S/C13H10ClNO2/c1-3-8-11(13(16)17)10-7(2)5-4-6-9(10)15-12(8)14/h3-6H,1H2,2H3,(H,16,17). The molecule has 17 heavy (non-hydrogen) atoms. The third-order valence-electron chi connectivity index (χ3n) is 2.63. The summed E-state index contributed by atoms with van der Waals surface area (Å²) in [5.74, 6) is -1.02. The van der Waals surface area contributed by atoms with Crippen molar-refractivity contribution in [1.82, 2.24) is 4.98 Å². The number of carbonyl (C=O) groups is 1. The van der Waals surface area contributed by atoms with E-state index in [2.05, 4.69) is 11.6 Å². The van der Waals surface area contributed by atoms with Crippen LogP contribution in [0.2, 0.25) is 5.15 Å². The summed E-state index contributed by atoms with van der Waals surface area (Å²) in [4.78, 5) is 15.5. The molecule has 4 heteroatoms. The van der Waals surface area contributed by atoms with Crippen LogP contribution in [0.1, 0.15) is 21.5 Å². The Bertz CT molecular complexity index is 635. The smallest absolute Gasteiger partial charge is 0.337 e. The predicted molar refractivity (Wildman–Crippen MR) is 68.5 cm³/mol. The molecule has 2 rings (SSSR count). The van der Waals surface area contributed by atoms with E-state index in [4.69, 9.17) is 11.6 Å². The zero-order valence-electron chi connectivity index (χ0n) is 9.20. The molecule has 1 heterocycles. The minimum Gasteiger partial charge on any atom is -0.478 e. The van der Waals surface area contributed by atoms with Crippen molar-refractivity contribution in [1.29, 1.82) is 0 Å². The largest absolute Gasteiger partial charge is 0.478 e. The molecule has 0 saturated carbocycles. The maximum atomic E-state index is 11.4. The van der Waals surface area contributed by atoms with E-state index >= 15 is 0 Å². The molecule has 0 atom stereocenters. The van der Waals surface area contributed by atoms with Crippen LogP contribution in [0.3, 0.4) is 0 Å². The van der Waals surface area contributed by atoms with Gasteiger partial charge < -0.3 is 5.11 Å². The normalized spacial score (nSPS) is 10.5. The van der Waals surface area contributed by atoms with Gasteiger partial charge in [-0.2, -0.15) is 0 Å². The Kier molecular flexibility index (Phi) is 2.86. The number of fused-ring (bicyclic) bond motifs is 1. The van der Waals surface area contributed by atoms with Crippen LogP contribution in [0.4, 0.5) is 0 Å². The molecule has 0 aliphatic rings. The molecule has 0 amide bonds. The molecule has 0 aliphatic heterocycles. The fourth-order valence-corrected chi connectivity index (χ4v) is 2.15. The maximum absolute atomic E-state index is 11.4. The molecular formula is C13H10ClNO2. The van der Waals surface area contributed by atoms with Crippen LogP contribution in [0.15, 0.2) is 24.8 Å². The average Bonchev–Trinajstić information content (AvgIpc) is 2.27. The van der Waals surface area contributed by atoms with Crippen molar-refractivity contribution in [2.45, 2.75) is 6.92 Å². The van der Waals surface area contributed by atoms with Gasteiger partial charge in [0.1, 0.15) is 5.15 Å². The van der Waals surface area contributed by atoms with Gasteiger partial charge in [0.05, 0.1) is 11.1 Å². The summed E-state index contributed by atoms with van der Waals surface area (Å²) in [6.45, 7) is 5.43. The van der Waals surface area contributed by atoms with E-state index in [1.165, 1.54) is 6.08 Å². The van der Waals surface area contributed by atoms with Crippen LogP contribution >= 0.6 is 11.6 Å². The summed E-state index contributed by atoms with van der Waals surface area (Å²) in [5.41, 5.74) is 1.96. The number of pyridine rings is 1. The van der Waals surface area contributed by atoms with Crippen molar-refractivity contribution >= 4 is 34.5 Å². The number of carboxylic acid groups (broad SMARTS) is 1. The summed E-state index contributed by atoms with van der Waals surface area (Å²) in [5, 5.41) is 10.1. The summed E-state index contributed by atoms with van der Waals surface area (Å²) in [6, 6.07) is 5.41. The van der Waals surface area contributed by atoms with Gasteiger partial charge in [-0.3, -0.25) is 0 Å². The molecule has 0 bridgehead atoms. The van der Waals surface area contributed by atoms with E-state index in [-0.39, 0.29) is 10.7 Å². The molecule has 0 spiro atoms. The summed E-state index contributed by atoms with van der Waals surface area (Å²) < 4.78 is 0. The van der Waals surface area contributed by atoms with Crippen molar-refractivity contribution in [3.8, 4) is 0 Å². The fourth-order valence-electron chi connectivity index (χ4n) is 1.88. The Morgan fingerprint density at radius 1 is 1.53 bits per heavy atom. The molecule has 0 aliphatic carbocycles. The van der Waals surface area contributed by atoms with E-state index in [0.29, 0.717) is 16.5 Å². The van der Waals surface area contributed by atoms with Gasteiger partial charge in [0.25, 0.3) is 0 Å². The molecule has 1 aromatic heterocycles. The number of aryl methyl sites for hydroxylation is 1. The quantitative estimate of drug-likeness (QED) is 0.826. The predicted octanol–water partition coefficient (Wildman–Crippen LogP) is 3.54. The van der Waals surface area contributed by atoms with Crippen LogP contribution in [0, 0.1) is 6.92 Å². The van der Waals surface area contributed by atoms with E-state index < -0.39 is 5.97 Å². The van der Waals surface area contributed by atoms with Crippen molar-refractivity contribution in [2.75, 3.05) is 0 Å². The van der Waals surface area contributed by atoms with Crippen LogP contribution in [-0.4, -0.2) is 16.1 Å². The maximum Gasteiger partial charge on any atom is 0.337 e. The van der Waals surface area contributed by atoms with Gasteiger partial charge in [0.15, 0.2) is 0 Å². The number of carboxylic acids is 1. The monoisotopic (exact) mass is 247 g/mol. The van der Waals surface area contributed by atoms with Crippen LogP contribution in [-0.2, 0) is 0 Å². The molecule has 86 valence electrons. The third kappa shape index (κ3) is 1.78. The number of aromatic nitrogens is 1. The Labute approximate surface area is 103 Å². The lowest BCUT2D eigenvalue weighted by Gasteiger charge is -2.10. The van der Waals surface area contributed by atoms with Crippen LogP contribution < -0.4 is 0 Å². The van der Waals surface area contributed by atoms with Gasteiger partial charge >= 0.3 is 5.97 Å². The molecule has 0 fully saturated rings. The first kappa shape index (κ1) is 11.6. The Morgan fingerprint density at radius 2 is 2.24 bits per heavy atom. The first-order valence-electron chi connectivity index (χ1n) is 5.00. The number of hydrogen-bond acceptors (Lipinski definition) is 2. The van der Waals surface area contributed by atoms with Crippen molar-refractivity contribution in [3.63, 3.8) is 0 Å². The lowest BCUT2D eigenvalue weighted by atomic mass is 10.00. The van der Waals surface area contributed by atoms with E-state index in [1.54, 1.807) is 6.07 Å². The molecule has 0 radical (unpaired) electrons. The summed E-state index contributed by atoms with van der Waals surface area (Å²) in [6.07, 6.45) is 1.42. The van der Waals surface area contributed by atoms with Gasteiger partial charge in [-0.15, -0.1) is 0 Å². The van der Waals surface area contributed by atoms with Gasteiger partial charge in [-0.05, 0) is 18.6 Å². The molecule has 0 unspecified atom stereocenters. The van der Waals surface area contributed by atoms with Gasteiger partial charge in [-0.25, -0.2) is 9.78 Å². The average molecular weight is 248 g/mol. The van der Waals surface area contributed by atoms with Crippen molar-refractivity contribution in [3.05, 3.63) is 46.6 Å². The fraction of sp³-hybridized carbons (Fsp3) is 0.0769. The van der Waals surface area contributed by atoms with E-state index in [9.17, 15) is 9.90 Å². The number of benzene rings is 1. The third-order valence-corrected chi connectivity index (χ3v) is 2.92. The SMILES string of the molecule is C=Cc1c(Cl)nc2cccc(C)c2c1C(=O)O. The summed E-state index contributed by atoms with van der Waals surface area (Å²) in [7, 11) is 0. The van der Waals surface area contributed by atoms with Gasteiger partial charge in [0, 0.05) is 10.9 Å². The topological polar surface area (TPSA) is 50.2 Å². The highest BCUT2D eigenvalue weighted by atomic mass is 35.5. The molecule has 2 aromatic rings. The zero-order chi connectivity index (χ0) is 12.6. The lowest BCUT2D eigenvalue weighted by molar-refractivity contribution is 0.0698. The van der Waals surface area contributed by atoms with Crippen LogP contribution in [0.5, 0.6) is 0 Å². The second-order valence-electron chi connectivity index (χ2n) is 3.67. The van der Waals surface area contributed by atoms with Crippen molar-refractivity contribution < 1.29 is 9.90 Å². The number of aromatic carboxylic acids is 1. The van der Waals surface area contributed by atoms with Crippen LogP contribution in [0.25, 0.3) is 17.0 Å². The van der Waals surface area contributed by atoms with Crippen molar-refractivity contribution in [2.24, 2.45) is 0 Å². The number of hydrogen-bond donors (Lipinski definition) is 1. The summed E-state index contributed by atoms with van der Waals surface area (Å²) >= 11 is 5.96. The molecule has 1 aromatic carbocycles. The number of rotatable bonds is 2. The lowest BCUT2D eigenvalue weighted by Crippen LogP contribution is -2.04. The van der Waals surface area contributed by atoms with E-state index in [1.807, 2.05) is 19.1 Å². The highest BCUT2D eigenvalue weighted by molar-refractivity contribution is 6.32. The molecule has 1 N–H and O–H groups in total. The molecular weight excluding hydrogens is 238 g/mol. The second-order valence-corrected chi connectivity index (χ2v) is 4.03. The van der Waals surface area contributed by atoms with E-state index in [0.717, 1.165) is 5.56 Å². The first-order chi connectivity index (χ1) is 8.06. The van der Waals surface area contributed by atoms with Gasteiger partial charge in [0.2, 0.25) is 0 Å². The molecule has 3 nitrogen and oxygen atoms in total. The number of nitrogens with zero attached hydrogens (tertiary/aromatic N) is 1. The zero-order valence-corrected chi connectivity index (χ0v) is 9.95. The minimum absolute atomic E-state index is 0.160. The minimum atomic E-state index is -1.02. The molecule has 0 saturated heterocycles. The Hall–Kier alpha value is -1.87. The van der Waals surface area contributed by atoms with Gasteiger partial charge in [-0.1, -0.05) is 36.4 Å². The Balaban J connectivity index is 3.06. The first-order valence-corrected chi connectivity index (χ1v) is 5.38. The Morgan fingerprint density at radius 3 is 2.82 bits per heavy atom. The second kappa shape index (κ2) is 4.18. The highest BCUT2D eigenvalue weighted by Gasteiger charge is 2.18.